The fraction of sp³-hybridized carbons (Fsp3) is 0.562. The molecule has 3 atom stereocenters. The topological polar surface area (TPSA) is 29.5 Å². The zero-order chi connectivity index (χ0) is 13.6. The predicted octanol–water partition coefficient (Wildman–Crippen LogP) is 3.41. The van der Waals surface area contributed by atoms with E-state index in [-0.39, 0.29) is 6.09 Å². The van der Waals surface area contributed by atoms with Gasteiger partial charge >= 0.3 is 6.09 Å². The molecule has 0 spiro atoms. The van der Waals surface area contributed by atoms with Crippen LogP contribution in [-0.4, -0.2) is 29.2 Å². The van der Waals surface area contributed by atoms with Gasteiger partial charge in [-0.3, -0.25) is 0 Å². The molecule has 1 saturated heterocycles. The Labute approximate surface area is 114 Å². The van der Waals surface area contributed by atoms with Gasteiger partial charge in [0.25, 0.3) is 0 Å². The number of piperidine rings is 1. The van der Waals surface area contributed by atoms with Crippen molar-refractivity contribution in [2.24, 2.45) is 5.92 Å². The number of hydrogen-bond donors (Lipinski definition) is 0. The van der Waals surface area contributed by atoms with Crippen LogP contribution in [0, 0.1) is 5.92 Å². The number of carbonyl (C=O) groups is 1. The highest BCUT2D eigenvalue weighted by atomic mass is 16.6. The van der Waals surface area contributed by atoms with Gasteiger partial charge in [-0.15, -0.1) is 0 Å². The first-order valence-corrected chi connectivity index (χ1v) is 7.02. The monoisotopic (exact) mass is 259 g/mol. The molecule has 0 aromatic heterocycles. The summed E-state index contributed by atoms with van der Waals surface area (Å²) in [5.74, 6) is 1.15. The van der Waals surface area contributed by atoms with E-state index in [9.17, 15) is 4.79 Å². The smallest absolute Gasteiger partial charge is 0.410 e. The Morgan fingerprint density at radius 3 is 2.58 bits per heavy atom. The van der Waals surface area contributed by atoms with Crippen molar-refractivity contribution < 1.29 is 9.53 Å². The van der Waals surface area contributed by atoms with Crippen molar-refractivity contribution in [2.45, 2.75) is 44.8 Å². The summed E-state index contributed by atoms with van der Waals surface area (Å²) in [5.41, 5.74) is 0.942. The van der Waals surface area contributed by atoms with Gasteiger partial charge in [0.15, 0.2) is 0 Å². The van der Waals surface area contributed by atoms with Crippen molar-refractivity contribution in [3.8, 4) is 0 Å². The Bertz CT molecular complexity index is 477. The lowest BCUT2D eigenvalue weighted by Gasteiger charge is -2.26. The van der Waals surface area contributed by atoms with Crippen LogP contribution in [0.5, 0.6) is 0 Å². The second-order valence-electron chi connectivity index (χ2n) is 6.55. The van der Waals surface area contributed by atoms with Crippen molar-refractivity contribution in [1.29, 1.82) is 0 Å². The number of benzene rings is 1. The maximum atomic E-state index is 12.2. The lowest BCUT2D eigenvalue weighted by atomic mass is 10.1. The zero-order valence-electron chi connectivity index (χ0n) is 11.8. The van der Waals surface area contributed by atoms with Crippen molar-refractivity contribution in [3.05, 3.63) is 35.9 Å². The van der Waals surface area contributed by atoms with Crippen molar-refractivity contribution in [2.75, 3.05) is 6.54 Å². The van der Waals surface area contributed by atoms with Crippen LogP contribution in [-0.2, 0) is 4.74 Å². The molecule has 1 aliphatic carbocycles. The highest BCUT2D eigenvalue weighted by Crippen LogP contribution is 2.57. The Hall–Kier alpha value is -1.51. The molecular formula is C16H21NO2. The Morgan fingerprint density at radius 2 is 1.95 bits per heavy atom. The molecule has 19 heavy (non-hydrogen) atoms. The van der Waals surface area contributed by atoms with Crippen LogP contribution < -0.4 is 0 Å². The van der Waals surface area contributed by atoms with Gasteiger partial charge in [-0.1, -0.05) is 30.3 Å². The van der Waals surface area contributed by atoms with Crippen LogP contribution in [0.4, 0.5) is 4.79 Å². The number of carbonyl (C=O) groups excluding carboxylic acids is 1. The summed E-state index contributed by atoms with van der Waals surface area (Å²) in [6.45, 7) is 6.59. The first-order chi connectivity index (χ1) is 8.97. The third-order valence-corrected chi connectivity index (χ3v) is 4.00. The fourth-order valence-electron chi connectivity index (χ4n) is 3.22. The Balaban J connectivity index is 1.69. The molecule has 3 nitrogen and oxygen atoms in total. The average molecular weight is 259 g/mol. The highest BCUT2D eigenvalue weighted by molar-refractivity contribution is 5.70. The van der Waals surface area contributed by atoms with Crippen molar-refractivity contribution >= 4 is 6.09 Å². The molecular weight excluding hydrogens is 238 g/mol. The molecule has 3 rings (SSSR count). The third kappa shape index (κ3) is 2.34. The van der Waals surface area contributed by atoms with Crippen molar-refractivity contribution in [1.82, 2.24) is 4.90 Å². The number of likely N-dealkylation sites (tertiary alicyclic amines) is 1. The lowest BCUT2D eigenvalue weighted by Crippen LogP contribution is -2.37. The van der Waals surface area contributed by atoms with E-state index in [2.05, 4.69) is 24.3 Å². The number of nitrogens with zero attached hydrogens (tertiary/aromatic N) is 1. The van der Waals surface area contributed by atoms with Gasteiger partial charge < -0.3 is 9.64 Å². The van der Waals surface area contributed by atoms with Crippen LogP contribution in [0.1, 0.15) is 38.7 Å². The van der Waals surface area contributed by atoms with E-state index >= 15 is 0 Å². The molecule has 2 fully saturated rings. The molecule has 2 aliphatic rings. The van der Waals surface area contributed by atoms with Crippen LogP contribution in [0.15, 0.2) is 30.3 Å². The summed E-state index contributed by atoms with van der Waals surface area (Å²) in [5, 5.41) is 0. The molecule has 3 heteroatoms. The molecule has 1 amide bonds. The summed E-state index contributed by atoms with van der Waals surface area (Å²) in [4.78, 5) is 14.1. The number of rotatable bonds is 1. The molecule has 0 radical (unpaired) electrons. The fourth-order valence-corrected chi connectivity index (χ4v) is 3.22. The Kier molecular flexibility index (Phi) is 2.80. The maximum Gasteiger partial charge on any atom is 0.410 e. The normalized spacial score (nSPS) is 29.0. The molecule has 1 heterocycles. The SMILES string of the molecule is CC(C)(C)OC(=O)N1CC[C@H]2[C@H](c3ccccc3)[C@H]21. The summed E-state index contributed by atoms with van der Waals surface area (Å²) in [7, 11) is 0. The molecule has 1 aromatic rings. The minimum absolute atomic E-state index is 0.154. The van der Waals surface area contributed by atoms with Gasteiger partial charge in [0, 0.05) is 18.5 Å². The van der Waals surface area contributed by atoms with Gasteiger partial charge in [-0.05, 0) is 38.7 Å². The second kappa shape index (κ2) is 4.26. The summed E-state index contributed by atoms with van der Waals surface area (Å²) >= 11 is 0. The average Bonchev–Trinajstić information content (AvgIpc) is 2.88. The highest BCUT2D eigenvalue weighted by Gasteiger charge is 2.59. The van der Waals surface area contributed by atoms with Gasteiger partial charge in [0.2, 0.25) is 0 Å². The number of hydrogen-bond acceptors (Lipinski definition) is 2. The van der Waals surface area contributed by atoms with E-state index in [4.69, 9.17) is 4.74 Å². The van der Waals surface area contributed by atoms with E-state index in [1.54, 1.807) is 0 Å². The molecule has 0 unspecified atom stereocenters. The number of ether oxygens (including phenoxy) is 1. The van der Waals surface area contributed by atoms with Crippen LogP contribution in [0.25, 0.3) is 0 Å². The van der Waals surface area contributed by atoms with Gasteiger partial charge in [-0.2, -0.15) is 0 Å². The Morgan fingerprint density at radius 1 is 1.26 bits per heavy atom. The minimum Gasteiger partial charge on any atom is -0.444 e. The van der Waals surface area contributed by atoms with Crippen LogP contribution in [0.2, 0.25) is 0 Å². The van der Waals surface area contributed by atoms with E-state index in [0.717, 1.165) is 13.0 Å². The van der Waals surface area contributed by atoms with Crippen LogP contribution >= 0.6 is 0 Å². The number of fused-ring (bicyclic) bond motifs is 1. The quantitative estimate of drug-likeness (QED) is 0.773. The zero-order valence-corrected chi connectivity index (χ0v) is 11.8. The first kappa shape index (κ1) is 12.5. The van der Waals surface area contributed by atoms with Crippen LogP contribution in [0.3, 0.4) is 0 Å². The van der Waals surface area contributed by atoms with Crippen molar-refractivity contribution in [3.63, 3.8) is 0 Å². The summed E-state index contributed by atoms with van der Waals surface area (Å²) < 4.78 is 5.49. The second-order valence-corrected chi connectivity index (χ2v) is 6.55. The van der Waals surface area contributed by atoms with E-state index in [0.29, 0.717) is 17.9 Å². The van der Waals surface area contributed by atoms with Gasteiger partial charge in [0.1, 0.15) is 5.60 Å². The first-order valence-electron chi connectivity index (χ1n) is 7.02. The van der Waals surface area contributed by atoms with E-state index in [1.807, 2.05) is 31.7 Å². The molecule has 0 N–H and O–H groups in total. The van der Waals surface area contributed by atoms with Gasteiger partial charge in [0.05, 0.1) is 0 Å². The van der Waals surface area contributed by atoms with E-state index < -0.39 is 5.60 Å². The standard InChI is InChI=1S/C16H21NO2/c1-16(2,3)19-15(18)17-10-9-12-13(14(12)17)11-7-5-4-6-8-11/h4-8,12-14H,9-10H2,1-3H3/t12-,13-,14-/m0/s1. The third-order valence-electron chi connectivity index (χ3n) is 4.00. The molecule has 0 bridgehead atoms. The summed E-state index contributed by atoms with van der Waals surface area (Å²) in [6.07, 6.45) is 0.946. The maximum absolute atomic E-state index is 12.2. The lowest BCUT2D eigenvalue weighted by molar-refractivity contribution is 0.0259. The largest absolute Gasteiger partial charge is 0.444 e. The number of amides is 1. The molecule has 102 valence electrons. The molecule has 1 saturated carbocycles. The van der Waals surface area contributed by atoms with E-state index in [1.165, 1.54) is 5.56 Å². The molecule has 1 aliphatic heterocycles. The summed E-state index contributed by atoms with van der Waals surface area (Å²) in [6, 6.07) is 10.9. The van der Waals surface area contributed by atoms with Gasteiger partial charge in [-0.25, -0.2) is 4.79 Å². The molecule has 1 aromatic carbocycles. The minimum atomic E-state index is -0.410. The predicted molar refractivity (Wildman–Crippen MR) is 74.0 cm³/mol.